The molecule has 0 radical (unpaired) electrons. The normalized spacial score (nSPS) is 12.2. The molecule has 0 heterocycles. The van der Waals surface area contributed by atoms with E-state index in [1.807, 2.05) is 31.3 Å². The summed E-state index contributed by atoms with van der Waals surface area (Å²) in [7, 11) is 3.43. The summed E-state index contributed by atoms with van der Waals surface area (Å²) in [6.07, 6.45) is 1.60. The molecule has 0 spiro atoms. The molecule has 2 aromatic carbocycles. The third-order valence-corrected chi connectivity index (χ3v) is 3.63. The summed E-state index contributed by atoms with van der Waals surface area (Å²) < 4.78 is 25.1. The topological polar surface area (TPSA) is 54.9 Å². The number of nitrogens with zero attached hydrogens (tertiary/aromatic N) is 1. The third kappa shape index (κ3) is 5.07. The van der Waals surface area contributed by atoms with Gasteiger partial charge in [0.15, 0.2) is 0 Å². The van der Waals surface area contributed by atoms with Gasteiger partial charge < -0.3 is 20.1 Å². The Hall–Kier alpha value is -2.86. The van der Waals surface area contributed by atoms with Crippen molar-refractivity contribution in [2.75, 3.05) is 38.0 Å². The molecule has 26 heavy (non-hydrogen) atoms. The van der Waals surface area contributed by atoms with Crippen LogP contribution in [-0.4, -0.2) is 33.6 Å². The lowest BCUT2D eigenvalue weighted by atomic mass is 10.2. The van der Waals surface area contributed by atoms with E-state index in [9.17, 15) is 4.39 Å². The number of methoxy groups -OCH3 is 1. The highest BCUT2D eigenvalue weighted by atomic mass is 19.1. The summed E-state index contributed by atoms with van der Waals surface area (Å²) in [4.78, 5) is 4.28. The molecule has 5 nitrogen and oxygen atoms in total. The van der Waals surface area contributed by atoms with Gasteiger partial charge in [0.2, 0.25) is 0 Å². The second kappa shape index (κ2) is 9.58. The van der Waals surface area contributed by atoms with E-state index in [1.165, 1.54) is 6.07 Å². The fourth-order valence-corrected chi connectivity index (χ4v) is 2.37. The predicted octanol–water partition coefficient (Wildman–Crippen LogP) is 2.57. The maximum Gasteiger partial charge on any atom is 0.140 e. The lowest BCUT2D eigenvalue weighted by Crippen LogP contribution is -2.31. The van der Waals surface area contributed by atoms with Crippen LogP contribution < -0.4 is 25.8 Å². The summed E-state index contributed by atoms with van der Waals surface area (Å²) in [5.74, 6) is 0.340. The minimum absolute atomic E-state index is 0.305. The van der Waals surface area contributed by atoms with E-state index in [1.54, 1.807) is 26.3 Å². The van der Waals surface area contributed by atoms with Crippen molar-refractivity contribution in [1.29, 1.82) is 0 Å². The number of hydrogen-bond donors (Lipinski definition) is 2. The van der Waals surface area contributed by atoms with Crippen molar-refractivity contribution in [3.8, 4) is 5.75 Å². The first-order chi connectivity index (χ1) is 12.6. The second-order valence-electron chi connectivity index (χ2n) is 5.47. The van der Waals surface area contributed by atoms with Crippen LogP contribution in [0.5, 0.6) is 5.75 Å². The molecule has 0 fully saturated rings. The molecule has 0 aromatic heterocycles. The number of ether oxygens (including phenoxy) is 2. The van der Waals surface area contributed by atoms with Crippen molar-refractivity contribution in [1.82, 2.24) is 0 Å². The molecular formula is C20H24FN3O2. The lowest BCUT2D eigenvalue weighted by Gasteiger charge is -2.10. The van der Waals surface area contributed by atoms with E-state index >= 15 is 0 Å². The highest BCUT2D eigenvalue weighted by Crippen LogP contribution is 2.15. The number of hydrogen-bond acceptors (Lipinski definition) is 5. The molecule has 0 unspecified atom stereocenters. The van der Waals surface area contributed by atoms with Crippen LogP contribution in [0.1, 0.15) is 6.92 Å². The maximum absolute atomic E-state index is 14.7. The van der Waals surface area contributed by atoms with Gasteiger partial charge in [-0.15, -0.1) is 0 Å². The van der Waals surface area contributed by atoms with Crippen molar-refractivity contribution in [2.45, 2.75) is 6.92 Å². The Labute approximate surface area is 152 Å². The van der Waals surface area contributed by atoms with Gasteiger partial charge in [0, 0.05) is 37.8 Å². The average molecular weight is 357 g/mol. The van der Waals surface area contributed by atoms with Crippen molar-refractivity contribution >= 4 is 30.0 Å². The van der Waals surface area contributed by atoms with Crippen LogP contribution in [0, 0.1) is 5.82 Å². The number of anilines is 2. The first kappa shape index (κ1) is 19.5. The van der Waals surface area contributed by atoms with Crippen LogP contribution in [0.2, 0.25) is 0 Å². The molecule has 2 aromatic rings. The van der Waals surface area contributed by atoms with E-state index < -0.39 is 5.82 Å². The van der Waals surface area contributed by atoms with Gasteiger partial charge in [-0.05, 0) is 42.5 Å². The standard InChI is InChI=1S/C20H24FN3O2/c1-5-23-20(24-16-8-6-15(22-3)7-9-16)19-14(2)12-17(13-18(19)21)26-11-10-25-4/h5-9,12-13,22,24H,2,10-11H2,1,3-4H3/b20-19-,23-5?. The second-order valence-corrected chi connectivity index (χ2v) is 5.47. The minimum Gasteiger partial charge on any atom is -0.491 e. The molecule has 2 N–H and O–H groups in total. The number of halogens is 1. The van der Waals surface area contributed by atoms with Crippen LogP contribution in [0.3, 0.4) is 0 Å². The van der Waals surface area contributed by atoms with Gasteiger partial charge in [0.1, 0.15) is 24.0 Å². The Morgan fingerprint density at radius 2 is 1.88 bits per heavy atom. The first-order valence-electron chi connectivity index (χ1n) is 8.27. The Balaban J connectivity index is 2.41. The smallest absolute Gasteiger partial charge is 0.140 e. The van der Waals surface area contributed by atoms with E-state index in [-0.39, 0.29) is 0 Å². The van der Waals surface area contributed by atoms with Crippen LogP contribution in [0.25, 0.3) is 12.4 Å². The molecule has 0 bridgehead atoms. The SMILES string of the molecule is C=c1cc(OCCOC)cc(F)/c1=C(/N=CC)Nc1ccc(NC)cc1. The minimum atomic E-state index is -0.454. The quantitative estimate of drug-likeness (QED) is 0.563. The predicted molar refractivity (Wildman–Crippen MR) is 106 cm³/mol. The highest BCUT2D eigenvalue weighted by Gasteiger charge is 2.07. The van der Waals surface area contributed by atoms with E-state index in [2.05, 4.69) is 22.2 Å². The molecule has 6 heteroatoms. The zero-order valence-electron chi connectivity index (χ0n) is 15.3. The van der Waals surface area contributed by atoms with Crippen LogP contribution in [0.4, 0.5) is 15.8 Å². The fourth-order valence-electron chi connectivity index (χ4n) is 2.37. The highest BCUT2D eigenvalue weighted by molar-refractivity contribution is 5.72. The van der Waals surface area contributed by atoms with Gasteiger partial charge in [0.05, 0.1) is 11.8 Å². The summed E-state index contributed by atoms with van der Waals surface area (Å²) in [6, 6.07) is 10.6. The molecule has 0 amide bonds. The summed E-state index contributed by atoms with van der Waals surface area (Å²) in [5.41, 5.74) is 1.78. The third-order valence-electron chi connectivity index (χ3n) is 3.63. The van der Waals surface area contributed by atoms with Crippen molar-refractivity contribution in [3.63, 3.8) is 0 Å². The van der Waals surface area contributed by atoms with E-state index in [4.69, 9.17) is 9.47 Å². The molecule has 0 aliphatic carbocycles. The van der Waals surface area contributed by atoms with Crippen LogP contribution in [-0.2, 0) is 4.74 Å². The van der Waals surface area contributed by atoms with E-state index in [0.717, 1.165) is 11.4 Å². The number of rotatable bonds is 8. The molecule has 0 saturated heterocycles. The average Bonchev–Trinajstić information content (AvgIpc) is 2.62. The summed E-state index contributed by atoms with van der Waals surface area (Å²) in [5, 5.41) is 6.99. The van der Waals surface area contributed by atoms with Gasteiger partial charge in [-0.25, -0.2) is 9.38 Å². The molecule has 0 saturated carbocycles. The Bertz CT molecular complexity index is 864. The van der Waals surface area contributed by atoms with Crippen molar-refractivity contribution in [3.05, 3.63) is 52.7 Å². The molecule has 2 rings (SSSR count). The van der Waals surface area contributed by atoms with E-state index in [0.29, 0.717) is 35.2 Å². The monoisotopic (exact) mass is 357 g/mol. The zero-order valence-corrected chi connectivity index (χ0v) is 15.3. The van der Waals surface area contributed by atoms with Gasteiger partial charge in [0.25, 0.3) is 0 Å². The Kier molecular flexibility index (Phi) is 7.17. The molecule has 138 valence electrons. The van der Waals surface area contributed by atoms with Crippen LogP contribution in [0.15, 0.2) is 41.4 Å². The van der Waals surface area contributed by atoms with Crippen molar-refractivity contribution < 1.29 is 13.9 Å². The largest absolute Gasteiger partial charge is 0.491 e. The van der Waals surface area contributed by atoms with Gasteiger partial charge in [-0.1, -0.05) is 6.58 Å². The van der Waals surface area contributed by atoms with Gasteiger partial charge in [-0.3, -0.25) is 0 Å². The Morgan fingerprint density at radius 1 is 1.19 bits per heavy atom. The number of aliphatic imine (C=N–C) groups is 1. The molecule has 0 atom stereocenters. The number of nitrogens with one attached hydrogen (secondary N) is 2. The van der Waals surface area contributed by atoms with Crippen LogP contribution >= 0.6 is 0 Å². The van der Waals surface area contributed by atoms with Crippen molar-refractivity contribution in [2.24, 2.45) is 4.99 Å². The Morgan fingerprint density at radius 3 is 2.46 bits per heavy atom. The maximum atomic E-state index is 14.7. The molecule has 0 aliphatic rings. The summed E-state index contributed by atoms with van der Waals surface area (Å²) >= 11 is 0. The summed E-state index contributed by atoms with van der Waals surface area (Å²) in [6.45, 7) is 6.49. The van der Waals surface area contributed by atoms with Gasteiger partial charge >= 0.3 is 0 Å². The van der Waals surface area contributed by atoms with Gasteiger partial charge in [-0.2, -0.15) is 0 Å². The lowest BCUT2D eigenvalue weighted by molar-refractivity contribution is 0.146. The number of benzene rings is 2. The first-order valence-corrected chi connectivity index (χ1v) is 8.27. The zero-order chi connectivity index (χ0) is 18.9. The fraction of sp³-hybridized carbons (Fsp3) is 0.250. The molecular weight excluding hydrogens is 333 g/mol. The molecule has 0 aliphatic heterocycles.